The molecule has 30 heavy (non-hydrogen) atoms. The minimum absolute atomic E-state index is 0.207. The minimum atomic E-state index is -0.559. The fraction of sp³-hybridized carbons (Fsp3) is 0.100. The summed E-state index contributed by atoms with van der Waals surface area (Å²) >= 11 is 6.04. The maximum atomic E-state index is 12.9. The van der Waals surface area contributed by atoms with E-state index in [1.54, 1.807) is 42.5 Å². The largest absolute Gasteiger partial charge is 0.493 e. The van der Waals surface area contributed by atoms with Gasteiger partial charge < -0.3 is 9.47 Å². The van der Waals surface area contributed by atoms with Crippen LogP contribution in [0.25, 0.3) is 16.7 Å². The van der Waals surface area contributed by atoms with Gasteiger partial charge in [-0.2, -0.15) is 5.10 Å². The minimum Gasteiger partial charge on any atom is -0.493 e. The van der Waals surface area contributed by atoms with Crippen LogP contribution in [-0.2, 0) is 0 Å². The molecule has 1 N–H and O–H groups in total. The highest BCUT2D eigenvalue weighted by atomic mass is 35.5. The average molecular weight is 426 g/mol. The molecule has 1 amide bonds. The molecule has 0 spiro atoms. The molecule has 4 aromatic rings. The summed E-state index contributed by atoms with van der Waals surface area (Å²) in [6.45, 7) is 0. The van der Waals surface area contributed by atoms with Crippen LogP contribution in [0.1, 0.15) is 10.4 Å². The van der Waals surface area contributed by atoms with Crippen molar-refractivity contribution in [2.24, 2.45) is 0 Å². The molecule has 2 aromatic heterocycles. The SMILES string of the molecule is COc1cccc(C(=O)Nn2cnc3c(cnn3-c3cccc(Cl)c3)c2=O)c1OC. The molecular weight excluding hydrogens is 410 g/mol. The Morgan fingerprint density at radius 2 is 1.93 bits per heavy atom. The number of nitrogens with zero attached hydrogens (tertiary/aromatic N) is 4. The van der Waals surface area contributed by atoms with Gasteiger partial charge in [-0.05, 0) is 30.3 Å². The number of methoxy groups -OCH3 is 2. The van der Waals surface area contributed by atoms with Gasteiger partial charge in [0.1, 0.15) is 11.7 Å². The topological polar surface area (TPSA) is 100 Å². The van der Waals surface area contributed by atoms with Crippen LogP contribution in [0, 0.1) is 0 Å². The lowest BCUT2D eigenvalue weighted by atomic mass is 10.2. The number of carbonyl (C=O) groups excluding carboxylic acids is 1. The summed E-state index contributed by atoms with van der Waals surface area (Å²) < 4.78 is 13.0. The Bertz CT molecular complexity index is 1310. The number of rotatable bonds is 5. The highest BCUT2D eigenvalue weighted by Gasteiger charge is 2.18. The lowest BCUT2D eigenvalue weighted by molar-refractivity contribution is 0.100. The van der Waals surface area contributed by atoms with E-state index in [9.17, 15) is 9.59 Å². The third-order valence-corrected chi connectivity index (χ3v) is 4.65. The van der Waals surface area contributed by atoms with Crippen molar-refractivity contribution in [2.75, 3.05) is 19.6 Å². The molecule has 152 valence electrons. The molecule has 0 aliphatic heterocycles. The van der Waals surface area contributed by atoms with Gasteiger partial charge in [0.2, 0.25) is 0 Å². The van der Waals surface area contributed by atoms with E-state index in [4.69, 9.17) is 21.1 Å². The number of nitrogens with one attached hydrogen (secondary N) is 1. The summed E-state index contributed by atoms with van der Waals surface area (Å²) in [5.74, 6) is 0.0958. The molecule has 0 fully saturated rings. The highest BCUT2D eigenvalue weighted by molar-refractivity contribution is 6.30. The maximum Gasteiger partial charge on any atom is 0.283 e. The van der Waals surface area contributed by atoms with Crippen LogP contribution in [0.5, 0.6) is 11.5 Å². The Hall–Kier alpha value is -3.85. The van der Waals surface area contributed by atoms with E-state index in [-0.39, 0.29) is 16.7 Å². The molecule has 0 aliphatic carbocycles. The summed E-state index contributed by atoms with van der Waals surface area (Å²) in [6, 6.07) is 11.9. The molecule has 9 nitrogen and oxygen atoms in total. The van der Waals surface area contributed by atoms with E-state index >= 15 is 0 Å². The molecule has 10 heteroatoms. The zero-order valence-corrected chi connectivity index (χ0v) is 16.8. The van der Waals surface area contributed by atoms with Gasteiger partial charge in [0.15, 0.2) is 17.1 Å². The Kier molecular flexibility index (Phi) is 5.11. The number of hydrogen-bond donors (Lipinski definition) is 1. The number of carbonyl (C=O) groups is 1. The molecule has 0 unspecified atom stereocenters. The molecule has 0 atom stereocenters. The summed E-state index contributed by atoms with van der Waals surface area (Å²) in [6.07, 6.45) is 2.61. The highest BCUT2D eigenvalue weighted by Crippen LogP contribution is 2.30. The van der Waals surface area contributed by atoms with E-state index in [0.717, 1.165) is 4.68 Å². The normalized spacial score (nSPS) is 10.8. The van der Waals surface area contributed by atoms with Crippen molar-refractivity contribution >= 4 is 28.5 Å². The Labute approximate surface area is 175 Å². The molecule has 0 bridgehead atoms. The van der Waals surface area contributed by atoms with Crippen LogP contribution in [0.3, 0.4) is 0 Å². The van der Waals surface area contributed by atoms with Crippen molar-refractivity contribution in [3.05, 3.63) is 75.9 Å². The van der Waals surface area contributed by atoms with Gasteiger partial charge in [-0.15, -0.1) is 0 Å². The van der Waals surface area contributed by atoms with Crippen LogP contribution in [0.4, 0.5) is 0 Å². The van der Waals surface area contributed by atoms with Crippen molar-refractivity contribution in [2.45, 2.75) is 0 Å². The zero-order chi connectivity index (χ0) is 21.3. The fourth-order valence-corrected chi connectivity index (χ4v) is 3.21. The number of hydrogen-bond acceptors (Lipinski definition) is 6. The van der Waals surface area contributed by atoms with E-state index in [0.29, 0.717) is 22.1 Å². The third-order valence-electron chi connectivity index (χ3n) is 4.41. The third kappa shape index (κ3) is 3.35. The first-order chi connectivity index (χ1) is 14.5. The second-order valence-electron chi connectivity index (χ2n) is 6.18. The van der Waals surface area contributed by atoms with Gasteiger partial charge in [-0.1, -0.05) is 23.7 Å². The van der Waals surface area contributed by atoms with Crippen LogP contribution < -0.4 is 20.5 Å². The standard InChI is InChI=1S/C20H16ClN5O4/c1-29-16-8-4-7-14(17(16)30-2)19(27)24-25-11-22-18-15(20(25)28)10-23-26(18)13-6-3-5-12(21)9-13/h3-11H,1-2H3,(H,24,27). The Morgan fingerprint density at radius 3 is 2.67 bits per heavy atom. The first-order valence-corrected chi connectivity index (χ1v) is 9.15. The average Bonchev–Trinajstić information content (AvgIpc) is 3.20. The molecule has 0 saturated carbocycles. The quantitative estimate of drug-likeness (QED) is 0.527. The predicted molar refractivity (Wildman–Crippen MR) is 111 cm³/mol. The molecular formula is C20H16ClN5O4. The zero-order valence-electron chi connectivity index (χ0n) is 16.0. The molecule has 0 aliphatic rings. The van der Waals surface area contributed by atoms with Crippen LogP contribution >= 0.6 is 11.6 Å². The number of para-hydroxylation sites is 1. The van der Waals surface area contributed by atoms with E-state index in [1.807, 2.05) is 0 Å². The van der Waals surface area contributed by atoms with Crippen molar-refractivity contribution in [1.29, 1.82) is 0 Å². The summed E-state index contributed by atoms with van der Waals surface area (Å²) in [5.41, 5.74) is 3.23. The van der Waals surface area contributed by atoms with Crippen molar-refractivity contribution < 1.29 is 14.3 Å². The summed E-state index contributed by atoms with van der Waals surface area (Å²) in [4.78, 5) is 29.9. The number of ether oxygens (including phenoxy) is 2. The Morgan fingerprint density at radius 1 is 1.13 bits per heavy atom. The lowest BCUT2D eigenvalue weighted by Gasteiger charge is -2.13. The second kappa shape index (κ2) is 7.88. The van der Waals surface area contributed by atoms with Gasteiger partial charge in [-0.3, -0.25) is 15.0 Å². The van der Waals surface area contributed by atoms with Gasteiger partial charge in [0.25, 0.3) is 11.5 Å². The Balaban J connectivity index is 1.71. The monoisotopic (exact) mass is 425 g/mol. The van der Waals surface area contributed by atoms with Gasteiger partial charge in [0, 0.05) is 5.02 Å². The number of fused-ring (bicyclic) bond motifs is 1. The molecule has 2 aromatic carbocycles. The van der Waals surface area contributed by atoms with Crippen molar-refractivity contribution in [3.63, 3.8) is 0 Å². The van der Waals surface area contributed by atoms with E-state index in [1.165, 1.54) is 31.4 Å². The lowest BCUT2D eigenvalue weighted by Crippen LogP contribution is -2.33. The van der Waals surface area contributed by atoms with Gasteiger partial charge in [-0.25, -0.2) is 14.3 Å². The molecule has 0 saturated heterocycles. The first kappa shape index (κ1) is 19.5. The second-order valence-corrected chi connectivity index (χ2v) is 6.61. The maximum absolute atomic E-state index is 12.9. The van der Waals surface area contributed by atoms with Crippen molar-refractivity contribution in [3.8, 4) is 17.2 Å². The van der Waals surface area contributed by atoms with Gasteiger partial charge in [0.05, 0.1) is 31.7 Å². The van der Waals surface area contributed by atoms with E-state index < -0.39 is 11.5 Å². The first-order valence-electron chi connectivity index (χ1n) is 8.77. The number of aromatic nitrogens is 4. The molecule has 0 radical (unpaired) electrons. The van der Waals surface area contributed by atoms with Crippen LogP contribution in [0.2, 0.25) is 5.02 Å². The van der Waals surface area contributed by atoms with Gasteiger partial charge >= 0.3 is 0 Å². The number of halogens is 1. The molecule has 2 heterocycles. The summed E-state index contributed by atoms with van der Waals surface area (Å²) in [7, 11) is 2.90. The van der Waals surface area contributed by atoms with Crippen LogP contribution in [0.15, 0.2) is 59.8 Å². The number of amides is 1. The smallest absolute Gasteiger partial charge is 0.283 e. The predicted octanol–water partition coefficient (Wildman–Crippen LogP) is 2.64. The fourth-order valence-electron chi connectivity index (χ4n) is 3.02. The number of benzene rings is 2. The summed E-state index contributed by atoms with van der Waals surface area (Å²) in [5, 5.41) is 4.99. The van der Waals surface area contributed by atoms with Crippen LogP contribution in [-0.4, -0.2) is 39.6 Å². The molecule has 4 rings (SSSR count). The van der Waals surface area contributed by atoms with E-state index in [2.05, 4.69) is 15.5 Å². The van der Waals surface area contributed by atoms with Crippen molar-refractivity contribution in [1.82, 2.24) is 19.4 Å².